The van der Waals surface area contributed by atoms with Gasteiger partial charge in [0, 0.05) is 6.20 Å². The van der Waals surface area contributed by atoms with Crippen LogP contribution in [0.3, 0.4) is 0 Å². The summed E-state index contributed by atoms with van der Waals surface area (Å²) in [5, 5.41) is 17.4. The lowest BCUT2D eigenvalue weighted by molar-refractivity contribution is -0.0956. The summed E-state index contributed by atoms with van der Waals surface area (Å²) >= 11 is 0. The third-order valence-corrected chi connectivity index (χ3v) is 5.59. The highest BCUT2D eigenvalue weighted by Gasteiger charge is 2.23. The van der Waals surface area contributed by atoms with E-state index in [1.54, 1.807) is 50.9 Å². The second-order valence-corrected chi connectivity index (χ2v) is 8.99. The average Bonchev–Trinajstić information content (AvgIpc) is 3.33. The summed E-state index contributed by atoms with van der Waals surface area (Å²) in [5.74, 6) is -0.325. The van der Waals surface area contributed by atoms with Gasteiger partial charge in [-0.05, 0) is 56.2 Å². The highest BCUT2D eigenvalue weighted by molar-refractivity contribution is 6.07. The number of hydrogen-bond donors (Lipinski definition) is 3. The molecule has 2 aromatic heterocycles. The van der Waals surface area contributed by atoms with Gasteiger partial charge in [-0.25, -0.2) is 19.5 Å². The number of nitrogens with zero attached hydrogens (tertiary/aromatic N) is 3. The van der Waals surface area contributed by atoms with Crippen molar-refractivity contribution in [3.8, 4) is 5.75 Å². The molecule has 0 saturated carbocycles. The first kappa shape index (κ1) is 28.5. The maximum atomic E-state index is 14.7. The number of methoxy groups -OCH3 is 1. The summed E-state index contributed by atoms with van der Waals surface area (Å²) in [7, 11) is 1.61. The number of halogens is 1. The zero-order valence-corrected chi connectivity index (χ0v) is 22.5. The number of aliphatic hydroxyl groups is 1. The van der Waals surface area contributed by atoms with Crippen LogP contribution in [0, 0.1) is 12.7 Å². The number of aromatic nitrogens is 3. The van der Waals surface area contributed by atoms with Gasteiger partial charge in [0.05, 0.1) is 48.8 Å². The van der Waals surface area contributed by atoms with Crippen molar-refractivity contribution < 1.29 is 23.9 Å². The van der Waals surface area contributed by atoms with Crippen molar-refractivity contribution >= 4 is 28.3 Å². The minimum atomic E-state index is -0.993. The van der Waals surface area contributed by atoms with Crippen LogP contribution in [-0.4, -0.2) is 45.1 Å². The molecule has 0 atom stereocenters. The zero-order valence-electron chi connectivity index (χ0n) is 22.5. The molecular weight excluding hydrogens is 489 g/mol. The summed E-state index contributed by atoms with van der Waals surface area (Å²) in [6, 6.07) is 12.3. The molecule has 9 nitrogen and oxygen atoms in total. The lowest BCUT2D eigenvalue weighted by Crippen LogP contribution is -2.38. The minimum absolute atomic E-state index is 0.125. The average molecular weight is 524 g/mol. The van der Waals surface area contributed by atoms with Crippen LogP contribution in [-0.2, 0) is 11.4 Å². The SMILES string of the molecule is CC.COc1ccc(Cn2ncc3c(Nc4ccc(C)cc4F)c(C(=O)NOC(C)(C)CO)cnc32)cc1. The lowest BCUT2D eigenvalue weighted by Gasteiger charge is -2.22. The molecule has 0 aliphatic carbocycles. The molecule has 4 aromatic rings. The van der Waals surface area contributed by atoms with Crippen LogP contribution in [0.25, 0.3) is 11.0 Å². The van der Waals surface area contributed by atoms with Crippen LogP contribution in [0.2, 0.25) is 0 Å². The molecule has 4 rings (SSSR count). The van der Waals surface area contributed by atoms with Crippen molar-refractivity contribution in [2.45, 2.75) is 46.8 Å². The minimum Gasteiger partial charge on any atom is -0.497 e. The number of amides is 1. The molecule has 1 amide bonds. The fraction of sp³-hybridized carbons (Fsp3) is 0.321. The van der Waals surface area contributed by atoms with E-state index in [0.29, 0.717) is 23.3 Å². The Morgan fingerprint density at radius 1 is 1.13 bits per heavy atom. The van der Waals surface area contributed by atoms with Crippen molar-refractivity contribution in [1.29, 1.82) is 0 Å². The van der Waals surface area contributed by atoms with Gasteiger partial charge in [-0.2, -0.15) is 5.10 Å². The molecule has 0 radical (unpaired) electrons. The van der Waals surface area contributed by atoms with Crippen molar-refractivity contribution in [2.75, 3.05) is 19.0 Å². The quantitative estimate of drug-likeness (QED) is 0.261. The van der Waals surface area contributed by atoms with Gasteiger partial charge in [-0.15, -0.1) is 0 Å². The highest BCUT2D eigenvalue weighted by Crippen LogP contribution is 2.31. The van der Waals surface area contributed by atoms with Crippen molar-refractivity contribution in [3.63, 3.8) is 0 Å². The molecule has 3 N–H and O–H groups in total. The van der Waals surface area contributed by atoms with Crippen LogP contribution in [0.1, 0.15) is 49.2 Å². The van der Waals surface area contributed by atoms with Gasteiger partial charge in [0.25, 0.3) is 5.91 Å². The maximum absolute atomic E-state index is 14.7. The third-order valence-electron chi connectivity index (χ3n) is 5.59. The van der Waals surface area contributed by atoms with Gasteiger partial charge in [0.1, 0.15) is 17.2 Å². The first-order chi connectivity index (χ1) is 18.2. The Hall–Kier alpha value is -4.02. The molecule has 0 saturated heterocycles. The molecule has 202 valence electrons. The molecule has 0 spiro atoms. The predicted octanol–water partition coefficient (Wildman–Crippen LogP) is 5.14. The number of ether oxygens (including phenoxy) is 1. The molecule has 10 heteroatoms. The van der Waals surface area contributed by atoms with E-state index in [9.17, 15) is 14.3 Å². The van der Waals surface area contributed by atoms with E-state index in [4.69, 9.17) is 9.57 Å². The zero-order chi connectivity index (χ0) is 27.9. The fourth-order valence-corrected chi connectivity index (χ4v) is 3.48. The third kappa shape index (κ3) is 6.64. The smallest absolute Gasteiger partial charge is 0.278 e. The number of rotatable bonds is 9. The van der Waals surface area contributed by atoms with Crippen LogP contribution in [0.4, 0.5) is 15.8 Å². The number of carbonyl (C=O) groups excluding carboxylic acids is 1. The van der Waals surface area contributed by atoms with E-state index in [0.717, 1.165) is 16.9 Å². The Morgan fingerprint density at radius 2 is 1.84 bits per heavy atom. The van der Waals surface area contributed by atoms with E-state index in [2.05, 4.69) is 20.9 Å². The van der Waals surface area contributed by atoms with E-state index < -0.39 is 17.3 Å². The van der Waals surface area contributed by atoms with Crippen LogP contribution < -0.4 is 15.5 Å². The molecule has 0 fully saturated rings. The number of aliphatic hydroxyl groups excluding tert-OH is 1. The fourth-order valence-electron chi connectivity index (χ4n) is 3.48. The number of aryl methyl sites for hydroxylation is 1. The van der Waals surface area contributed by atoms with E-state index in [1.165, 1.54) is 12.3 Å². The van der Waals surface area contributed by atoms with Gasteiger partial charge in [-0.1, -0.05) is 32.0 Å². The van der Waals surface area contributed by atoms with Crippen LogP contribution in [0.15, 0.2) is 54.9 Å². The monoisotopic (exact) mass is 523 g/mol. The summed E-state index contributed by atoms with van der Waals surface area (Å²) in [4.78, 5) is 22.8. The normalized spacial score (nSPS) is 11.1. The molecule has 2 aromatic carbocycles. The second kappa shape index (κ2) is 12.5. The number of nitrogens with one attached hydrogen (secondary N) is 2. The first-order valence-electron chi connectivity index (χ1n) is 12.3. The highest BCUT2D eigenvalue weighted by atomic mass is 19.1. The summed E-state index contributed by atoms with van der Waals surface area (Å²) in [5.41, 5.74) is 4.25. The van der Waals surface area contributed by atoms with Gasteiger partial charge in [0.15, 0.2) is 5.65 Å². The van der Waals surface area contributed by atoms with Gasteiger partial charge in [-0.3, -0.25) is 9.63 Å². The molecular formula is C28H34FN5O4. The van der Waals surface area contributed by atoms with E-state index >= 15 is 0 Å². The Balaban J connectivity index is 0.00000195. The molecule has 0 aliphatic heterocycles. The predicted molar refractivity (Wildman–Crippen MR) is 145 cm³/mol. The van der Waals surface area contributed by atoms with E-state index in [-0.39, 0.29) is 17.9 Å². The Bertz CT molecular complexity index is 1390. The number of fused-ring (bicyclic) bond motifs is 1. The number of hydrogen-bond acceptors (Lipinski definition) is 7. The summed E-state index contributed by atoms with van der Waals surface area (Å²) in [6.45, 7) is 9.16. The van der Waals surface area contributed by atoms with Gasteiger partial charge < -0.3 is 15.2 Å². The molecule has 0 bridgehead atoms. The molecule has 0 aliphatic rings. The second-order valence-electron chi connectivity index (χ2n) is 8.99. The summed E-state index contributed by atoms with van der Waals surface area (Å²) < 4.78 is 21.6. The Labute approximate surface area is 221 Å². The molecule has 0 unspecified atom stereocenters. The summed E-state index contributed by atoms with van der Waals surface area (Å²) in [6.07, 6.45) is 2.96. The Kier molecular flexibility index (Phi) is 9.38. The largest absolute Gasteiger partial charge is 0.497 e. The number of anilines is 2. The van der Waals surface area contributed by atoms with Crippen molar-refractivity contribution in [3.05, 3.63) is 77.4 Å². The number of hydroxylamine groups is 1. The topological polar surface area (TPSA) is 111 Å². The van der Waals surface area contributed by atoms with Gasteiger partial charge in [0.2, 0.25) is 0 Å². The van der Waals surface area contributed by atoms with Crippen LogP contribution >= 0.6 is 0 Å². The molecule has 38 heavy (non-hydrogen) atoms. The van der Waals surface area contributed by atoms with Crippen molar-refractivity contribution in [2.24, 2.45) is 0 Å². The van der Waals surface area contributed by atoms with E-state index in [1.807, 2.05) is 38.1 Å². The van der Waals surface area contributed by atoms with Crippen LogP contribution in [0.5, 0.6) is 5.75 Å². The Morgan fingerprint density at radius 3 is 2.47 bits per heavy atom. The van der Waals surface area contributed by atoms with Gasteiger partial charge >= 0.3 is 0 Å². The first-order valence-corrected chi connectivity index (χ1v) is 12.3. The molecule has 2 heterocycles. The standard InChI is InChI=1S/C26H28FN5O4.C2H6/c1-16-5-10-22(21(27)11-16)30-23-19-13-29-32(14-17-6-8-18(35-4)9-7-17)24(19)28-12-20(23)25(34)31-36-26(2,3)15-33;1-2/h5-13,33H,14-15H2,1-4H3,(H,28,30)(H,31,34);1-2H3. The maximum Gasteiger partial charge on any atom is 0.278 e. The van der Waals surface area contributed by atoms with Crippen molar-refractivity contribution in [1.82, 2.24) is 20.2 Å². The lowest BCUT2D eigenvalue weighted by atomic mass is 10.1. The number of benzene rings is 2. The number of pyridine rings is 1. The number of carbonyl (C=O) groups is 1.